The fourth-order valence-electron chi connectivity index (χ4n) is 21.7. The number of aryl methyl sites for hydroxylation is 5. The lowest BCUT2D eigenvalue weighted by molar-refractivity contribution is -0.119. The first-order valence-corrected chi connectivity index (χ1v) is 52.6. The largest absolute Gasteiger partial charge is 0.393 e. The normalized spacial score (nSPS) is 23.0. The number of nitriles is 1. The third-order valence-corrected chi connectivity index (χ3v) is 31.6. The zero-order chi connectivity index (χ0) is 106. The Labute approximate surface area is 874 Å². The Kier molecular flexibility index (Phi) is 36.6. The lowest BCUT2D eigenvalue weighted by Crippen LogP contribution is -2.52. The van der Waals surface area contributed by atoms with Crippen molar-refractivity contribution in [1.29, 1.82) is 5.26 Å². The number of fused-ring (bicyclic) bond motifs is 3. The molecule has 148 heavy (non-hydrogen) atoms. The molecular formula is C118H150N22O8. The van der Waals surface area contributed by atoms with E-state index >= 15 is 0 Å². The monoisotopic (exact) mass is 2000 g/mol. The number of Topliss-reactive ketones (excluding diaryl/α,β-unsaturated/α-hetero) is 3. The number of terminal acetylenes is 4. The van der Waals surface area contributed by atoms with Crippen LogP contribution in [-0.2, 0) is 59.3 Å². The van der Waals surface area contributed by atoms with Crippen molar-refractivity contribution in [2.75, 3.05) is 74.0 Å². The summed E-state index contributed by atoms with van der Waals surface area (Å²) in [7, 11) is 0. The van der Waals surface area contributed by atoms with Gasteiger partial charge >= 0.3 is 0 Å². The van der Waals surface area contributed by atoms with Crippen LogP contribution < -0.4 is 47.9 Å². The van der Waals surface area contributed by atoms with Crippen molar-refractivity contribution in [3.8, 4) is 55.4 Å². The molecule has 5 fully saturated rings. The maximum absolute atomic E-state index is 12.6. The number of nitrogens with one attached hydrogen (secondary N) is 9. The molecule has 0 bridgehead atoms. The summed E-state index contributed by atoms with van der Waals surface area (Å²) >= 11 is 0. The zero-order valence-electron chi connectivity index (χ0n) is 88.4. The Morgan fingerprint density at radius 3 is 1.30 bits per heavy atom. The van der Waals surface area contributed by atoms with E-state index < -0.39 is 0 Å². The molecule has 13 atom stereocenters. The van der Waals surface area contributed by atoms with E-state index in [0.29, 0.717) is 152 Å². The second kappa shape index (κ2) is 49.3. The van der Waals surface area contributed by atoms with Gasteiger partial charge in [0.2, 0.25) is 23.8 Å². The van der Waals surface area contributed by atoms with Crippen LogP contribution in [0.3, 0.4) is 0 Å². The molecule has 0 spiro atoms. The van der Waals surface area contributed by atoms with E-state index in [2.05, 4.69) is 259 Å². The number of hydrogen-bond donors (Lipinski definition) is 13. The van der Waals surface area contributed by atoms with Gasteiger partial charge in [0.15, 0.2) is 0 Å². The number of anilines is 9. The van der Waals surface area contributed by atoms with Crippen LogP contribution in [0.15, 0.2) is 127 Å². The van der Waals surface area contributed by atoms with Crippen LogP contribution in [0.1, 0.15) is 307 Å². The van der Waals surface area contributed by atoms with Crippen molar-refractivity contribution in [1.82, 2.24) is 60.0 Å². The molecule has 7 heterocycles. The molecule has 18 rings (SSSR count). The number of rotatable bonds is 31. The quantitative estimate of drug-likeness (QED) is 0.0179. The number of carbonyl (C=O) groups is 3. The molecule has 0 aliphatic heterocycles. The second-order valence-electron chi connectivity index (χ2n) is 44.5. The SMILES string of the molecule is C#Cc1cnc(CCCc2cccc(C)n2)nc1N[C@@H]1CC[C@H](O)C(C)(C)C1.C#Cc1cnc(NCCC2C(=O)Cc3c(C)cccc32)nc1N[C@@H]1CC[C@H](O)C(C)(C)C1.C#Cc1cnc(NCCC2C(=O)Cc3ccc(CC)cc32)nc1N[C@@H]1CC[C@H](O)C(C)(C)C1.C#Cc1cnc(NCCC2C(=O)Cc3ccccc32)nc1N[C@@H]1CC[C@H](O)C(C)(C)C1.C[C@H]1C[C@@H](Nc2nc(NCCc3cnoc3)ncc2C#N)C1(C)C.[HH]. The number of hydrogen-bond acceptors (Lipinski definition) is 30. The van der Waals surface area contributed by atoms with Gasteiger partial charge in [0.25, 0.3) is 0 Å². The third-order valence-electron chi connectivity index (χ3n) is 31.6. The molecule has 13 N–H and O–H groups in total. The standard InChI is InChI=1S/C27H34N4O2.C26H32N4O2.C25H30N4O2.C23H30N4O.C17H22N6O.H2/c1-5-17-7-8-19-14-23(32)21(22(19)13-17)11-12-28-26-29-16-18(6-2)25(31-26)30-20-9-10-24(33)27(3,4)15-20;1-5-17-15-28-25(30-24(17)29-18-9-10-23(32)26(3,4)14-18)27-12-11-20-19-8-6-7-16(2)21(19)13-22(20)31;1-4-16-15-27-24(29-23(16)28-18-9-10-22(31)25(2,3)14-18)26-12-11-20-19-8-6-5-7-17(19)13-21(20)30;1-5-17-15-24-21(11-7-10-18-9-6-8-16(2)25-18)27-22(17)26-19-12-13-20(28)23(3,4)14-19;1-11-6-14(17(11,2)3)22-15-13(7-18)9-20-16(23-15)19-5-4-12-8-21-24-10-12;/h2,7-8,13,16,20-21,24,33H,5,9-12,14-15H2,1,3-4H3,(H2,28,29,30,31);1,6-8,15,18,20,23,32H,9-14H2,2-4H3,(H2,27,28,29,30);1,5-8,15,18,20,22,31H,9-14H2,2-3H3,(H2,26,27,28,29);1,6,8-9,15,19-20,28H,7,10-14H2,2-4H3,(H,24,26,27);8-11,14H,4-6H2,1-3H3,(H2,19,20,22,23);1H/t20-,21?,24+;18-,20?,23+;18-,20?,22+;19-,20+;11-,14+;/m11110./s1. The predicted octanol–water partition coefficient (Wildman–Crippen LogP) is 18.2. The molecule has 10 aromatic rings. The Morgan fingerprint density at radius 1 is 0.439 bits per heavy atom. The highest BCUT2D eigenvalue weighted by Gasteiger charge is 2.47. The van der Waals surface area contributed by atoms with Crippen molar-refractivity contribution < 1.29 is 40.8 Å². The number of ketones is 3. The highest BCUT2D eigenvalue weighted by Crippen LogP contribution is 2.49. The van der Waals surface area contributed by atoms with Gasteiger partial charge in [-0.15, -0.1) is 25.7 Å². The summed E-state index contributed by atoms with van der Waals surface area (Å²) in [6.07, 6.45) is 52.2. The van der Waals surface area contributed by atoms with Crippen LogP contribution in [0.5, 0.6) is 0 Å². The molecule has 30 heteroatoms. The number of aliphatic hydroxyl groups is 4. The van der Waals surface area contributed by atoms with Crippen molar-refractivity contribution in [3.63, 3.8) is 0 Å². The second-order valence-corrected chi connectivity index (χ2v) is 44.5. The molecule has 3 aromatic carbocycles. The van der Waals surface area contributed by atoms with Gasteiger partial charge in [-0.2, -0.15) is 25.2 Å². The van der Waals surface area contributed by atoms with E-state index in [1.54, 1.807) is 43.4 Å². The Balaban J connectivity index is 0.000000156. The highest BCUT2D eigenvalue weighted by atomic mass is 16.5. The predicted molar refractivity (Wildman–Crippen MR) is 585 cm³/mol. The molecule has 3 unspecified atom stereocenters. The maximum Gasteiger partial charge on any atom is 0.224 e. The zero-order valence-corrected chi connectivity index (χ0v) is 88.4. The average Bonchev–Trinajstić information content (AvgIpc) is 1.35. The summed E-state index contributed by atoms with van der Waals surface area (Å²) in [5.74, 6) is 18.0. The van der Waals surface area contributed by atoms with E-state index in [4.69, 9.17) is 35.2 Å². The van der Waals surface area contributed by atoms with Gasteiger partial charge in [-0.25, -0.2) is 29.9 Å². The molecule has 8 aliphatic rings. The Morgan fingerprint density at radius 2 is 0.858 bits per heavy atom. The molecule has 7 aromatic heterocycles. The first-order valence-electron chi connectivity index (χ1n) is 52.6. The van der Waals surface area contributed by atoms with Crippen LogP contribution in [-0.4, -0.2) is 179 Å². The maximum atomic E-state index is 12.6. The molecule has 0 amide bonds. The van der Waals surface area contributed by atoms with Crippen LogP contribution in [0.4, 0.5) is 52.9 Å². The first-order chi connectivity index (χ1) is 70.8. The molecule has 30 nitrogen and oxygen atoms in total. The smallest absolute Gasteiger partial charge is 0.224 e. The first kappa shape index (κ1) is 110. The van der Waals surface area contributed by atoms with Crippen molar-refractivity contribution in [2.45, 2.75) is 323 Å². The molecule has 5 saturated carbocycles. The molecule has 0 saturated heterocycles. The van der Waals surface area contributed by atoms with Gasteiger partial charge < -0.3 is 72.8 Å². The molecule has 780 valence electrons. The van der Waals surface area contributed by atoms with Crippen LogP contribution in [0.25, 0.3) is 0 Å². The van der Waals surface area contributed by atoms with Gasteiger partial charge in [-0.05, 0) is 232 Å². The van der Waals surface area contributed by atoms with Crippen molar-refractivity contribution in [2.24, 2.45) is 33.0 Å². The van der Waals surface area contributed by atoms with Gasteiger partial charge in [0.05, 0.1) is 77.7 Å². The number of benzene rings is 3. The summed E-state index contributed by atoms with van der Waals surface area (Å²) in [6.45, 7) is 32.1. The van der Waals surface area contributed by atoms with E-state index in [0.717, 1.165) is 166 Å². The van der Waals surface area contributed by atoms with E-state index in [1.165, 1.54) is 22.3 Å². The van der Waals surface area contributed by atoms with Gasteiger partial charge in [0.1, 0.15) is 70.2 Å². The lowest BCUT2D eigenvalue weighted by atomic mass is 9.59. The van der Waals surface area contributed by atoms with Crippen LogP contribution in [0.2, 0.25) is 0 Å². The van der Waals surface area contributed by atoms with E-state index in [1.807, 2.05) is 49.4 Å². The van der Waals surface area contributed by atoms with Crippen LogP contribution in [0, 0.1) is 108 Å². The van der Waals surface area contributed by atoms with E-state index in [-0.39, 0.29) is 112 Å². The Hall–Kier alpha value is -13.8. The lowest BCUT2D eigenvalue weighted by Gasteiger charge is -2.51. The summed E-state index contributed by atoms with van der Waals surface area (Å²) in [5, 5.41) is 84.2. The van der Waals surface area contributed by atoms with E-state index in [9.17, 15) is 40.1 Å². The fraction of sp³-hybridized carbons (Fsp3) is 0.508. The minimum absolute atomic E-state index is 0. The fourth-order valence-corrected chi connectivity index (χ4v) is 21.7. The Bertz CT molecular complexity index is 6530. The summed E-state index contributed by atoms with van der Waals surface area (Å²) in [6, 6.07) is 30.0. The minimum atomic E-state index is -0.290. The summed E-state index contributed by atoms with van der Waals surface area (Å²) < 4.78 is 4.80. The minimum Gasteiger partial charge on any atom is -0.393 e. The number of carbonyl (C=O) groups excluding carboxylic acids is 3. The number of aliphatic hydroxyl groups excluding tert-OH is 4. The van der Waals surface area contributed by atoms with Gasteiger partial charge in [-0.3, -0.25) is 19.4 Å². The van der Waals surface area contributed by atoms with Gasteiger partial charge in [0, 0.05) is 124 Å². The highest BCUT2D eigenvalue weighted by molar-refractivity contribution is 5.94. The van der Waals surface area contributed by atoms with Crippen LogP contribution >= 0.6 is 0 Å². The number of aromatic nitrogens is 12. The molecular weight excluding hydrogens is 1850 g/mol. The third kappa shape index (κ3) is 28.2. The van der Waals surface area contributed by atoms with Crippen molar-refractivity contribution in [3.05, 3.63) is 217 Å². The number of pyridine rings is 1. The molecule has 8 aliphatic carbocycles. The number of nitrogens with zero attached hydrogens (tertiary/aromatic N) is 13. The summed E-state index contributed by atoms with van der Waals surface area (Å²) in [4.78, 5) is 86.9. The average molecular weight is 2000 g/mol. The summed E-state index contributed by atoms with van der Waals surface area (Å²) in [5.41, 5.74) is 15.2. The molecule has 0 radical (unpaired) electrons. The van der Waals surface area contributed by atoms with Gasteiger partial charge in [-0.1, -0.05) is 179 Å². The van der Waals surface area contributed by atoms with Crippen molar-refractivity contribution >= 4 is 70.2 Å². The topological polar surface area (TPSA) is 432 Å².